The van der Waals surface area contributed by atoms with Crippen molar-refractivity contribution in [2.45, 2.75) is 41.5 Å². The van der Waals surface area contributed by atoms with E-state index in [-0.39, 0.29) is 0 Å². The molecule has 1 rings (SSSR count). The summed E-state index contributed by atoms with van der Waals surface area (Å²) in [7, 11) is 0. The van der Waals surface area contributed by atoms with Crippen LogP contribution in [0.2, 0.25) is 0 Å². The molecule has 0 aliphatic carbocycles. The van der Waals surface area contributed by atoms with Crippen LogP contribution in [0.5, 0.6) is 0 Å². The molecule has 0 atom stereocenters. The second-order valence-corrected chi connectivity index (χ2v) is 4.05. The van der Waals surface area contributed by atoms with Gasteiger partial charge in [0.25, 0.3) is 0 Å². The van der Waals surface area contributed by atoms with Gasteiger partial charge in [0.05, 0.1) is 0 Å². The first kappa shape index (κ1) is 12.6. The molecule has 0 radical (unpaired) electrons. The van der Waals surface area contributed by atoms with Crippen LogP contribution in [0.3, 0.4) is 0 Å². The largest absolute Gasteiger partial charge is 0.322 e. The minimum atomic E-state index is 1.28. The lowest BCUT2D eigenvalue weighted by Gasteiger charge is -2.37. The summed E-state index contributed by atoms with van der Waals surface area (Å²) in [4.78, 5) is 4.48. The fourth-order valence-electron chi connectivity index (χ4n) is 1.95. The number of nitrogens with zero attached hydrogens (tertiary/aromatic N) is 2. The van der Waals surface area contributed by atoms with Gasteiger partial charge in [-0.3, -0.25) is 0 Å². The van der Waals surface area contributed by atoms with E-state index in [1.807, 2.05) is 13.8 Å². The first-order valence-electron chi connectivity index (χ1n) is 5.73. The number of hydrogen-bond donors (Lipinski definition) is 0. The van der Waals surface area contributed by atoms with Crippen LogP contribution in [0.1, 0.15) is 41.5 Å². The topological polar surface area (TPSA) is 6.48 Å². The maximum absolute atomic E-state index is 2.24. The van der Waals surface area contributed by atoms with E-state index in [0.29, 0.717) is 0 Å². The van der Waals surface area contributed by atoms with Crippen molar-refractivity contribution in [2.75, 3.05) is 0 Å². The maximum atomic E-state index is 2.24. The molecule has 1 heterocycles. The molecule has 0 spiro atoms. The predicted molar refractivity (Wildman–Crippen MR) is 70.1 cm³/mol. The Labute approximate surface area is 99.2 Å². The summed E-state index contributed by atoms with van der Waals surface area (Å²) in [5.74, 6) is 0. The normalized spacial score (nSPS) is 18.6. The van der Waals surface area contributed by atoms with Crippen LogP contribution in [0.15, 0.2) is 47.3 Å². The van der Waals surface area contributed by atoms with Crippen LogP contribution < -0.4 is 0 Å². The van der Waals surface area contributed by atoms with Crippen LogP contribution in [-0.4, -0.2) is 9.80 Å². The fraction of sp³-hybridized carbons (Fsp3) is 0.429. The fourth-order valence-corrected chi connectivity index (χ4v) is 1.95. The Balaban J connectivity index is 3.24. The van der Waals surface area contributed by atoms with Gasteiger partial charge in [-0.25, -0.2) is 0 Å². The molecule has 0 aromatic heterocycles. The zero-order chi connectivity index (χ0) is 12.3. The SMILES string of the molecule is CC=CN1C(C)=C(C)N(C=CC)C(C)=C1C. The third-order valence-electron chi connectivity index (χ3n) is 3.09. The Kier molecular flexibility index (Phi) is 3.99. The van der Waals surface area contributed by atoms with E-state index in [1.165, 1.54) is 22.8 Å². The van der Waals surface area contributed by atoms with E-state index in [2.05, 4.69) is 62.0 Å². The van der Waals surface area contributed by atoms with Crippen molar-refractivity contribution in [1.29, 1.82) is 0 Å². The van der Waals surface area contributed by atoms with E-state index in [9.17, 15) is 0 Å². The molecule has 1 aliphatic rings. The van der Waals surface area contributed by atoms with Gasteiger partial charge in [0.15, 0.2) is 0 Å². The zero-order valence-corrected chi connectivity index (χ0v) is 11.2. The van der Waals surface area contributed by atoms with Crippen LogP contribution >= 0.6 is 0 Å². The van der Waals surface area contributed by atoms with Crippen molar-refractivity contribution < 1.29 is 0 Å². The highest BCUT2D eigenvalue weighted by Gasteiger charge is 2.21. The van der Waals surface area contributed by atoms with E-state index < -0.39 is 0 Å². The van der Waals surface area contributed by atoms with Crippen molar-refractivity contribution in [3.63, 3.8) is 0 Å². The molecule has 0 fully saturated rings. The molecule has 0 N–H and O–H groups in total. The van der Waals surface area contributed by atoms with Gasteiger partial charge in [0, 0.05) is 35.2 Å². The predicted octanol–water partition coefficient (Wildman–Crippen LogP) is 4.17. The van der Waals surface area contributed by atoms with Gasteiger partial charge in [-0.15, -0.1) is 0 Å². The maximum Gasteiger partial charge on any atom is 0.0388 e. The van der Waals surface area contributed by atoms with Gasteiger partial charge in [-0.2, -0.15) is 0 Å². The second kappa shape index (κ2) is 5.06. The molecule has 16 heavy (non-hydrogen) atoms. The first-order chi connectivity index (χ1) is 7.54. The molecule has 2 nitrogen and oxygen atoms in total. The summed E-state index contributed by atoms with van der Waals surface area (Å²) in [6.45, 7) is 12.7. The lowest BCUT2D eigenvalue weighted by molar-refractivity contribution is 0.435. The lowest BCUT2D eigenvalue weighted by Crippen LogP contribution is -2.28. The smallest absolute Gasteiger partial charge is 0.0388 e. The van der Waals surface area contributed by atoms with Gasteiger partial charge in [0.2, 0.25) is 0 Å². The minimum absolute atomic E-state index is 1.28. The molecule has 0 saturated carbocycles. The molecule has 0 aromatic rings. The van der Waals surface area contributed by atoms with E-state index in [4.69, 9.17) is 0 Å². The van der Waals surface area contributed by atoms with Crippen LogP contribution in [-0.2, 0) is 0 Å². The molecule has 0 aromatic carbocycles. The number of hydrogen-bond acceptors (Lipinski definition) is 2. The molecule has 0 bridgehead atoms. The molecule has 0 unspecified atom stereocenters. The summed E-state index contributed by atoms with van der Waals surface area (Å²) in [5.41, 5.74) is 5.11. The molecule has 88 valence electrons. The van der Waals surface area contributed by atoms with E-state index >= 15 is 0 Å². The molecule has 2 heteroatoms. The zero-order valence-electron chi connectivity index (χ0n) is 11.2. The van der Waals surface area contributed by atoms with Crippen LogP contribution in [0.4, 0.5) is 0 Å². The summed E-state index contributed by atoms with van der Waals surface area (Å²) >= 11 is 0. The number of allylic oxidation sites excluding steroid dienone is 6. The first-order valence-corrected chi connectivity index (χ1v) is 5.73. The monoisotopic (exact) mass is 218 g/mol. The van der Waals surface area contributed by atoms with Gasteiger partial charge >= 0.3 is 0 Å². The molecule has 1 aliphatic heterocycles. The minimum Gasteiger partial charge on any atom is -0.322 e. The van der Waals surface area contributed by atoms with E-state index in [1.54, 1.807) is 0 Å². The third-order valence-corrected chi connectivity index (χ3v) is 3.09. The van der Waals surface area contributed by atoms with Gasteiger partial charge in [-0.05, 0) is 41.5 Å². The van der Waals surface area contributed by atoms with Gasteiger partial charge in [0.1, 0.15) is 0 Å². The van der Waals surface area contributed by atoms with Gasteiger partial charge in [-0.1, -0.05) is 12.2 Å². The van der Waals surface area contributed by atoms with Crippen molar-refractivity contribution in [3.05, 3.63) is 47.3 Å². The Bertz CT molecular complexity index is 322. The quantitative estimate of drug-likeness (QED) is 0.686. The molecule has 0 saturated heterocycles. The van der Waals surface area contributed by atoms with Crippen LogP contribution in [0, 0.1) is 0 Å². The Morgan fingerprint density at radius 2 is 0.875 bits per heavy atom. The standard InChI is InChI=1S/C14H22N2/c1-7-9-15-11(3)13(5)16(10-8-2)14(6)12(15)4/h7-10H,1-6H3. The Morgan fingerprint density at radius 3 is 1.06 bits per heavy atom. The molecular weight excluding hydrogens is 196 g/mol. The van der Waals surface area contributed by atoms with Crippen LogP contribution in [0.25, 0.3) is 0 Å². The summed E-state index contributed by atoms with van der Waals surface area (Å²) in [6.07, 6.45) is 8.37. The second-order valence-electron chi connectivity index (χ2n) is 4.05. The average molecular weight is 218 g/mol. The van der Waals surface area contributed by atoms with Crippen molar-refractivity contribution in [1.82, 2.24) is 9.80 Å². The summed E-state index contributed by atoms with van der Waals surface area (Å²) in [5, 5.41) is 0. The average Bonchev–Trinajstić information content (AvgIpc) is 2.28. The van der Waals surface area contributed by atoms with Crippen molar-refractivity contribution >= 4 is 0 Å². The Morgan fingerprint density at radius 1 is 0.625 bits per heavy atom. The lowest BCUT2D eigenvalue weighted by atomic mass is 10.1. The summed E-state index contributed by atoms with van der Waals surface area (Å²) in [6, 6.07) is 0. The highest BCUT2D eigenvalue weighted by Crippen LogP contribution is 2.30. The van der Waals surface area contributed by atoms with E-state index in [0.717, 1.165) is 0 Å². The third kappa shape index (κ3) is 2.06. The molecular formula is C14H22N2. The highest BCUT2D eigenvalue weighted by atomic mass is 15.2. The Hall–Kier alpha value is -1.44. The highest BCUT2D eigenvalue weighted by molar-refractivity contribution is 5.31. The number of rotatable bonds is 2. The molecule has 0 amide bonds. The van der Waals surface area contributed by atoms with Crippen molar-refractivity contribution in [3.8, 4) is 0 Å². The van der Waals surface area contributed by atoms with Crippen molar-refractivity contribution in [2.24, 2.45) is 0 Å². The summed E-state index contributed by atoms with van der Waals surface area (Å²) < 4.78 is 0. The van der Waals surface area contributed by atoms with Gasteiger partial charge < -0.3 is 9.80 Å².